The van der Waals surface area contributed by atoms with Gasteiger partial charge in [0.2, 0.25) is 0 Å². The summed E-state index contributed by atoms with van der Waals surface area (Å²) in [6.07, 6.45) is 2.84. The Balaban J connectivity index is 2.02. The standard InChI is InChI=1S/C15H27N3O/c1-5-12-9-18(8-7-15(12,4)19)10-13-11(3)16-14(6-2)17-13/h12,19H,5-10H2,1-4H3,(H,16,17)/t12-,15+/m0/s1. The van der Waals surface area contributed by atoms with E-state index in [0.717, 1.165) is 50.4 Å². The van der Waals surface area contributed by atoms with Crippen molar-refractivity contribution in [3.63, 3.8) is 0 Å². The van der Waals surface area contributed by atoms with Gasteiger partial charge < -0.3 is 10.1 Å². The van der Waals surface area contributed by atoms with Crippen LogP contribution in [0.25, 0.3) is 0 Å². The third-order valence-corrected chi connectivity index (χ3v) is 4.53. The fourth-order valence-corrected chi connectivity index (χ4v) is 3.00. The highest BCUT2D eigenvalue weighted by molar-refractivity contribution is 5.13. The normalized spacial score (nSPS) is 28.8. The van der Waals surface area contributed by atoms with Crippen molar-refractivity contribution in [2.24, 2.45) is 5.92 Å². The lowest BCUT2D eigenvalue weighted by molar-refractivity contribution is -0.0610. The summed E-state index contributed by atoms with van der Waals surface area (Å²) in [6.45, 7) is 11.2. The van der Waals surface area contributed by atoms with E-state index < -0.39 is 5.60 Å². The van der Waals surface area contributed by atoms with Crippen LogP contribution in [-0.4, -0.2) is 38.7 Å². The molecule has 2 heterocycles. The second kappa shape index (κ2) is 5.63. The Morgan fingerprint density at radius 2 is 2.21 bits per heavy atom. The zero-order valence-electron chi connectivity index (χ0n) is 12.7. The molecule has 1 aromatic rings. The lowest BCUT2D eigenvalue weighted by Crippen LogP contribution is -2.49. The van der Waals surface area contributed by atoms with Crippen LogP contribution < -0.4 is 0 Å². The number of nitrogens with one attached hydrogen (secondary N) is 1. The van der Waals surface area contributed by atoms with Crippen molar-refractivity contribution in [3.05, 3.63) is 17.2 Å². The summed E-state index contributed by atoms with van der Waals surface area (Å²) >= 11 is 0. The maximum Gasteiger partial charge on any atom is 0.106 e. The molecule has 0 spiro atoms. The lowest BCUT2D eigenvalue weighted by atomic mass is 9.81. The summed E-state index contributed by atoms with van der Waals surface area (Å²) in [5, 5.41) is 10.4. The first kappa shape index (κ1) is 14.5. The number of aromatic amines is 1. The van der Waals surface area contributed by atoms with Crippen molar-refractivity contribution < 1.29 is 5.11 Å². The molecular formula is C15H27N3O. The second-order valence-electron chi connectivity index (χ2n) is 6.06. The molecule has 1 aliphatic heterocycles. The molecule has 1 aromatic heterocycles. The molecule has 2 rings (SSSR count). The molecule has 0 amide bonds. The average molecular weight is 265 g/mol. The van der Waals surface area contributed by atoms with Gasteiger partial charge in [0.1, 0.15) is 5.82 Å². The van der Waals surface area contributed by atoms with Crippen molar-refractivity contribution in [1.29, 1.82) is 0 Å². The van der Waals surface area contributed by atoms with Crippen LogP contribution in [0, 0.1) is 12.8 Å². The average Bonchev–Trinajstić information content (AvgIpc) is 2.72. The topological polar surface area (TPSA) is 52.1 Å². The monoisotopic (exact) mass is 265 g/mol. The first-order valence-electron chi connectivity index (χ1n) is 7.45. The Bertz CT molecular complexity index is 425. The van der Waals surface area contributed by atoms with Gasteiger partial charge in [-0.3, -0.25) is 4.90 Å². The molecule has 1 saturated heterocycles. The molecule has 2 N–H and O–H groups in total. The van der Waals surface area contributed by atoms with Gasteiger partial charge in [-0.1, -0.05) is 13.8 Å². The predicted molar refractivity (Wildman–Crippen MR) is 77.0 cm³/mol. The number of rotatable bonds is 4. The molecule has 19 heavy (non-hydrogen) atoms. The number of aryl methyl sites for hydroxylation is 2. The summed E-state index contributed by atoms with van der Waals surface area (Å²) in [7, 11) is 0. The van der Waals surface area contributed by atoms with Gasteiger partial charge in [0.25, 0.3) is 0 Å². The molecule has 0 saturated carbocycles. The molecule has 1 fully saturated rings. The van der Waals surface area contributed by atoms with E-state index in [0.29, 0.717) is 5.92 Å². The Kier molecular flexibility index (Phi) is 4.31. The van der Waals surface area contributed by atoms with Gasteiger partial charge >= 0.3 is 0 Å². The maximum absolute atomic E-state index is 10.4. The molecule has 0 aromatic carbocycles. The zero-order valence-corrected chi connectivity index (χ0v) is 12.7. The number of aromatic nitrogens is 2. The van der Waals surface area contributed by atoms with Gasteiger partial charge in [-0.15, -0.1) is 0 Å². The fourth-order valence-electron chi connectivity index (χ4n) is 3.00. The fraction of sp³-hybridized carbons (Fsp3) is 0.800. The van der Waals surface area contributed by atoms with E-state index in [1.165, 1.54) is 5.69 Å². The Morgan fingerprint density at radius 3 is 2.79 bits per heavy atom. The van der Waals surface area contributed by atoms with Crippen molar-refractivity contribution in [1.82, 2.24) is 14.9 Å². The largest absolute Gasteiger partial charge is 0.390 e. The Labute approximate surface area is 116 Å². The summed E-state index contributed by atoms with van der Waals surface area (Å²) in [5.41, 5.74) is 1.84. The molecule has 108 valence electrons. The van der Waals surface area contributed by atoms with Crippen molar-refractivity contribution in [2.45, 2.75) is 59.1 Å². The highest BCUT2D eigenvalue weighted by Crippen LogP contribution is 2.30. The quantitative estimate of drug-likeness (QED) is 0.878. The number of piperidine rings is 1. The van der Waals surface area contributed by atoms with E-state index in [1.54, 1.807) is 0 Å². The summed E-state index contributed by atoms with van der Waals surface area (Å²) in [6, 6.07) is 0. The van der Waals surface area contributed by atoms with E-state index in [9.17, 15) is 5.11 Å². The van der Waals surface area contributed by atoms with Crippen LogP contribution in [-0.2, 0) is 13.0 Å². The van der Waals surface area contributed by atoms with Gasteiger partial charge in [-0.2, -0.15) is 0 Å². The maximum atomic E-state index is 10.4. The minimum absolute atomic E-state index is 0.367. The third kappa shape index (κ3) is 3.18. The molecular weight excluding hydrogens is 238 g/mol. The van der Waals surface area contributed by atoms with E-state index in [-0.39, 0.29) is 0 Å². The van der Waals surface area contributed by atoms with Gasteiger partial charge in [-0.25, -0.2) is 4.98 Å². The highest BCUT2D eigenvalue weighted by Gasteiger charge is 2.36. The zero-order chi connectivity index (χ0) is 14.0. The van der Waals surface area contributed by atoms with Gasteiger partial charge in [0.05, 0.1) is 11.3 Å². The molecule has 0 bridgehead atoms. The molecule has 2 atom stereocenters. The Morgan fingerprint density at radius 1 is 1.47 bits per heavy atom. The second-order valence-corrected chi connectivity index (χ2v) is 6.06. The van der Waals surface area contributed by atoms with Crippen LogP contribution >= 0.6 is 0 Å². The van der Waals surface area contributed by atoms with Crippen molar-refractivity contribution in [3.8, 4) is 0 Å². The Hall–Kier alpha value is -0.870. The number of nitrogens with zero attached hydrogens (tertiary/aromatic N) is 2. The first-order valence-corrected chi connectivity index (χ1v) is 7.45. The molecule has 4 heteroatoms. The number of hydrogen-bond donors (Lipinski definition) is 2. The van der Waals surface area contributed by atoms with Crippen LogP contribution in [0.15, 0.2) is 0 Å². The van der Waals surface area contributed by atoms with Crippen LogP contribution in [0.1, 0.15) is 50.8 Å². The van der Waals surface area contributed by atoms with Crippen LogP contribution in [0.2, 0.25) is 0 Å². The van der Waals surface area contributed by atoms with E-state index in [2.05, 4.69) is 35.6 Å². The van der Waals surface area contributed by atoms with E-state index >= 15 is 0 Å². The SMILES string of the molecule is CCc1nc(CN2CC[C@@](C)(O)[C@@H](CC)C2)c(C)[nH]1. The molecule has 0 unspecified atom stereocenters. The number of hydrogen-bond acceptors (Lipinski definition) is 3. The minimum atomic E-state index is -0.500. The van der Waals surface area contributed by atoms with E-state index in [1.807, 2.05) is 6.92 Å². The van der Waals surface area contributed by atoms with Gasteiger partial charge in [0.15, 0.2) is 0 Å². The van der Waals surface area contributed by atoms with Crippen LogP contribution in [0.5, 0.6) is 0 Å². The summed E-state index contributed by atoms with van der Waals surface area (Å²) in [4.78, 5) is 10.4. The van der Waals surface area contributed by atoms with Gasteiger partial charge in [-0.05, 0) is 32.6 Å². The summed E-state index contributed by atoms with van der Waals surface area (Å²) in [5.74, 6) is 1.44. The molecule has 1 aliphatic rings. The van der Waals surface area contributed by atoms with Crippen molar-refractivity contribution in [2.75, 3.05) is 13.1 Å². The first-order chi connectivity index (χ1) is 8.96. The van der Waals surface area contributed by atoms with Gasteiger partial charge in [0, 0.05) is 31.7 Å². The third-order valence-electron chi connectivity index (χ3n) is 4.53. The lowest BCUT2D eigenvalue weighted by Gasteiger charge is -2.42. The number of likely N-dealkylation sites (tertiary alicyclic amines) is 1. The number of aliphatic hydroxyl groups is 1. The number of H-pyrrole nitrogens is 1. The summed E-state index contributed by atoms with van der Waals surface area (Å²) < 4.78 is 0. The van der Waals surface area contributed by atoms with Crippen LogP contribution in [0.4, 0.5) is 0 Å². The smallest absolute Gasteiger partial charge is 0.106 e. The minimum Gasteiger partial charge on any atom is -0.390 e. The molecule has 0 aliphatic carbocycles. The van der Waals surface area contributed by atoms with Crippen molar-refractivity contribution >= 4 is 0 Å². The van der Waals surface area contributed by atoms with E-state index in [4.69, 9.17) is 0 Å². The molecule has 0 radical (unpaired) electrons. The number of imidazole rings is 1. The predicted octanol–water partition coefficient (Wildman–Crippen LogP) is 2.26. The highest BCUT2D eigenvalue weighted by atomic mass is 16.3. The van der Waals surface area contributed by atoms with Crippen LogP contribution in [0.3, 0.4) is 0 Å². The molecule has 4 nitrogen and oxygen atoms in total.